The minimum absolute atomic E-state index is 0.112. The molecule has 0 radical (unpaired) electrons. The van der Waals surface area contributed by atoms with Gasteiger partial charge in [-0.25, -0.2) is 8.42 Å². The Morgan fingerprint density at radius 3 is 2.18 bits per heavy atom. The van der Waals surface area contributed by atoms with Crippen molar-refractivity contribution in [2.24, 2.45) is 0 Å². The van der Waals surface area contributed by atoms with Gasteiger partial charge in [0.05, 0.1) is 18.1 Å². The van der Waals surface area contributed by atoms with Crippen molar-refractivity contribution in [2.45, 2.75) is 69.5 Å². The zero-order valence-electron chi connectivity index (χ0n) is 26.5. The SMILES string of the molecule is COc1ccc(CN(C(=O)CCc2ccc(S(=O)(=O)N3CCCC3)cc2)[C@H](C(=O)NCCCOC(C)C)c2ccccc2)cc1. The van der Waals surface area contributed by atoms with Gasteiger partial charge in [-0.2, -0.15) is 4.31 Å². The largest absolute Gasteiger partial charge is 0.497 e. The minimum Gasteiger partial charge on any atom is -0.497 e. The quantitative estimate of drug-likeness (QED) is 0.219. The van der Waals surface area contributed by atoms with Crippen LogP contribution in [0.3, 0.4) is 0 Å². The third-order valence-electron chi connectivity index (χ3n) is 7.83. The minimum atomic E-state index is -3.51. The number of rotatable bonds is 16. The molecule has 0 aromatic heterocycles. The van der Waals surface area contributed by atoms with Gasteiger partial charge in [-0.05, 0) is 80.5 Å². The van der Waals surface area contributed by atoms with Crippen LogP contribution in [-0.2, 0) is 37.3 Å². The van der Waals surface area contributed by atoms with Gasteiger partial charge in [0.25, 0.3) is 0 Å². The molecule has 1 aliphatic heterocycles. The molecule has 1 atom stereocenters. The fraction of sp³-hybridized carbons (Fsp3) is 0.429. The molecule has 3 aromatic rings. The lowest BCUT2D eigenvalue weighted by Gasteiger charge is -2.32. The van der Waals surface area contributed by atoms with E-state index in [0.717, 1.165) is 24.0 Å². The average molecular weight is 636 g/mol. The first kappa shape index (κ1) is 34.1. The van der Waals surface area contributed by atoms with Crippen molar-refractivity contribution in [3.8, 4) is 5.75 Å². The van der Waals surface area contributed by atoms with Gasteiger partial charge in [-0.15, -0.1) is 0 Å². The summed E-state index contributed by atoms with van der Waals surface area (Å²) in [6.07, 6.45) is 3.06. The van der Waals surface area contributed by atoms with E-state index in [9.17, 15) is 18.0 Å². The van der Waals surface area contributed by atoms with Crippen LogP contribution in [0.4, 0.5) is 0 Å². The summed E-state index contributed by atoms with van der Waals surface area (Å²) >= 11 is 0. The highest BCUT2D eigenvalue weighted by Gasteiger charge is 2.31. The van der Waals surface area contributed by atoms with E-state index in [2.05, 4.69) is 5.32 Å². The van der Waals surface area contributed by atoms with Crippen molar-refractivity contribution in [3.05, 3.63) is 95.6 Å². The normalized spacial score (nSPS) is 14.3. The molecule has 1 fully saturated rings. The van der Waals surface area contributed by atoms with Crippen LogP contribution in [-0.4, -0.2) is 68.9 Å². The second kappa shape index (κ2) is 16.5. The standard InChI is InChI=1S/C35H45N3O6S/c1-27(2)44-25-9-22-36-35(40)34(30-10-5-4-6-11-30)38(26-29-12-17-31(43-3)18-13-29)33(39)21-16-28-14-19-32(20-15-28)45(41,42)37-23-7-8-24-37/h4-6,10-15,17-20,27,34H,7-9,16,21-26H2,1-3H3,(H,36,40)/t34-/m0/s1. The van der Waals surface area contributed by atoms with Crippen LogP contribution in [0.2, 0.25) is 0 Å². The first-order chi connectivity index (χ1) is 21.7. The van der Waals surface area contributed by atoms with E-state index in [1.165, 1.54) is 4.31 Å². The molecule has 1 N–H and O–H groups in total. The molecule has 3 aromatic carbocycles. The second-order valence-corrected chi connectivity index (χ2v) is 13.4. The summed E-state index contributed by atoms with van der Waals surface area (Å²) in [6.45, 7) is 6.20. The number of carbonyl (C=O) groups is 2. The van der Waals surface area contributed by atoms with Crippen LogP contribution in [0.25, 0.3) is 0 Å². The highest BCUT2D eigenvalue weighted by Crippen LogP contribution is 2.27. The van der Waals surface area contributed by atoms with E-state index in [4.69, 9.17) is 9.47 Å². The van der Waals surface area contributed by atoms with Crippen LogP contribution in [0.5, 0.6) is 5.75 Å². The molecule has 45 heavy (non-hydrogen) atoms. The zero-order valence-corrected chi connectivity index (χ0v) is 27.3. The highest BCUT2D eigenvalue weighted by atomic mass is 32.2. The van der Waals surface area contributed by atoms with Crippen LogP contribution >= 0.6 is 0 Å². The Morgan fingerprint density at radius 2 is 1.56 bits per heavy atom. The number of hydrogen-bond donors (Lipinski definition) is 1. The number of carbonyl (C=O) groups excluding carboxylic acids is 2. The Morgan fingerprint density at radius 1 is 0.911 bits per heavy atom. The van der Waals surface area contributed by atoms with E-state index >= 15 is 0 Å². The van der Waals surface area contributed by atoms with Gasteiger partial charge in [0.15, 0.2) is 0 Å². The van der Waals surface area contributed by atoms with Crippen molar-refractivity contribution in [1.82, 2.24) is 14.5 Å². The third kappa shape index (κ3) is 9.63. The molecule has 4 rings (SSSR count). The predicted molar refractivity (Wildman–Crippen MR) is 174 cm³/mol. The molecule has 242 valence electrons. The van der Waals surface area contributed by atoms with Gasteiger partial charge in [0.1, 0.15) is 11.8 Å². The first-order valence-corrected chi connectivity index (χ1v) is 17.1. The topological polar surface area (TPSA) is 105 Å². The molecule has 0 aliphatic carbocycles. The van der Waals surface area contributed by atoms with Crippen molar-refractivity contribution >= 4 is 21.8 Å². The summed E-state index contributed by atoms with van der Waals surface area (Å²) < 4.78 is 38.3. The first-order valence-electron chi connectivity index (χ1n) is 15.6. The van der Waals surface area contributed by atoms with Crippen LogP contribution < -0.4 is 10.1 Å². The number of ether oxygens (including phenoxy) is 2. The molecule has 1 aliphatic rings. The molecule has 0 spiro atoms. The number of nitrogens with one attached hydrogen (secondary N) is 1. The van der Waals surface area contributed by atoms with Crippen LogP contribution in [0.15, 0.2) is 83.8 Å². The Bertz CT molecular complexity index is 1470. The van der Waals surface area contributed by atoms with Crippen LogP contribution in [0.1, 0.15) is 62.3 Å². The molecule has 0 unspecified atom stereocenters. The fourth-order valence-electron chi connectivity index (χ4n) is 5.36. The van der Waals surface area contributed by atoms with E-state index in [-0.39, 0.29) is 35.8 Å². The smallest absolute Gasteiger partial charge is 0.247 e. The van der Waals surface area contributed by atoms with E-state index < -0.39 is 16.1 Å². The Kier molecular flexibility index (Phi) is 12.6. The summed E-state index contributed by atoms with van der Waals surface area (Å²) in [5, 5.41) is 3.02. The molecule has 1 heterocycles. The summed E-state index contributed by atoms with van der Waals surface area (Å²) in [5.41, 5.74) is 2.42. The van der Waals surface area contributed by atoms with Gasteiger partial charge in [0.2, 0.25) is 21.8 Å². The van der Waals surface area contributed by atoms with E-state index in [1.54, 1.807) is 36.3 Å². The lowest BCUT2D eigenvalue weighted by molar-refractivity contribution is -0.141. The van der Waals surface area contributed by atoms with Crippen molar-refractivity contribution in [3.63, 3.8) is 0 Å². The number of methoxy groups -OCH3 is 1. The van der Waals surface area contributed by atoms with Gasteiger partial charge < -0.3 is 19.7 Å². The second-order valence-electron chi connectivity index (χ2n) is 11.5. The molecule has 0 saturated carbocycles. The van der Waals surface area contributed by atoms with Crippen LogP contribution in [0, 0.1) is 0 Å². The molecular weight excluding hydrogens is 590 g/mol. The van der Waals surface area contributed by atoms with Gasteiger partial charge in [-0.1, -0.05) is 54.6 Å². The number of nitrogens with zero attached hydrogens (tertiary/aromatic N) is 2. The van der Waals surface area contributed by atoms with E-state index in [0.29, 0.717) is 50.4 Å². The zero-order chi connectivity index (χ0) is 32.2. The molecule has 0 bridgehead atoms. The molecule has 10 heteroatoms. The fourth-order valence-corrected chi connectivity index (χ4v) is 6.88. The molecule has 2 amide bonds. The predicted octanol–water partition coefficient (Wildman–Crippen LogP) is 5.11. The molecule has 9 nitrogen and oxygen atoms in total. The molecule has 1 saturated heterocycles. The average Bonchev–Trinajstić information content (AvgIpc) is 3.60. The Balaban J connectivity index is 1.53. The maximum atomic E-state index is 14.0. The third-order valence-corrected chi connectivity index (χ3v) is 9.75. The highest BCUT2D eigenvalue weighted by molar-refractivity contribution is 7.89. The lowest BCUT2D eigenvalue weighted by atomic mass is 10.0. The maximum Gasteiger partial charge on any atom is 0.247 e. The summed E-state index contributed by atoms with van der Waals surface area (Å²) in [4.78, 5) is 29.7. The summed E-state index contributed by atoms with van der Waals surface area (Å²) in [7, 11) is -1.91. The summed E-state index contributed by atoms with van der Waals surface area (Å²) in [6, 6.07) is 22.7. The Labute approximate surface area is 267 Å². The molecular formula is C35H45N3O6S. The lowest BCUT2D eigenvalue weighted by Crippen LogP contribution is -2.44. The summed E-state index contributed by atoms with van der Waals surface area (Å²) in [5.74, 6) is 0.253. The number of benzene rings is 3. The van der Waals surface area contributed by atoms with Gasteiger partial charge in [-0.3, -0.25) is 9.59 Å². The maximum absolute atomic E-state index is 14.0. The van der Waals surface area contributed by atoms with Crippen molar-refractivity contribution < 1.29 is 27.5 Å². The number of aryl methyl sites for hydroxylation is 1. The van der Waals surface area contributed by atoms with Gasteiger partial charge >= 0.3 is 0 Å². The number of hydrogen-bond acceptors (Lipinski definition) is 6. The van der Waals surface area contributed by atoms with E-state index in [1.807, 2.05) is 68.4 Å². The van der Waals surface area contributed by atoms with Crippen molar-refractivity contribution in [1.29, 1.82) is 0 Å². The monoisotopic (exact) mass is 635 g/mol. The number of amides is 2. The number of sulfonamides is 1. The van der Waals surface area contributed by atoms with Crippen molar-refractivity contribution in [2.75, 3.05) is 33.4 Å². The Hall–Kier alpha value is -3.73. The van der Waals surface area contributed by atoms with Gasteiger partial charge in [0, 0.05) is 39.2 Å².